The zero-order chi connectivity index (χ0) is 11.4. The molecular weight excluding hydrogens is 236 g/mol. The highest BCUT2D eigenvalue weighted by Gasteiger charge is 2.06. The molecule has 0 spiro atoms. The maximum absolute atomic E-state index is 11.2. The molecule has 0 aliphatic rings. The van der Waals surface area contributed by atoms with E-state index in [2.05, 4.69) is 5.32 Å². The normalized spacial score (nSPS) is 9.18. The van der Waals surface area contributed by atoms with Gasteiger partial charge in [-0.15, -0.1) is 12.4 Å². The van der Waals surface area contributed by atoms with Crippen molar-refractivity contribution in [3.8, 4) is 0 Å². The van der Waals surface area contributed by atoms with Crippen molar-refractivity contribution in [1.29, 1.82) is 0 Å². The second kappa shape index (κ2) is 5.92. The lowest BCUT2D eigenvalue weighted by molar-refractivity contribution is 0.100. The Kier molecular flexibility index (Phi) is 4.55. The number of hydrogen-bond donors (Lipinski definition) is 2. The Morgan fingerprint density at radius 2 is 1.53 bits per heavy atom. The molecule has 0 aliphatic heterocycles. The first-order chi connectivity index (χ1) is 7.77. The van der Waals surface area contributed by atoms with E-state index in [9.17, 15) is 4.79 Å². The third-order valence-electron chi connectivity index (χ3n) is 2.25. The summed E-state index contributed by atoms with van der Waals surface area (Å²) in [7, 11) is 0. The van der Waals surface area contributed by atoms with Crippen LogP contribution in [-0.4, -0.2) is 5.91 Å². The fourth-order valence-electron chi connectivity index (χ4n) is 1.48. The highest BCUT2D eigenvalue weighted by Crippen LogP contribution is 2.19. The van der Waals surface area contributed by atoms with Crippen molar-refractivity contribution in [2.45, 2.75) is 0 Å². The van der Waals surface area contributed by atoms with Crippen molar-refractivity contribution in [2.75, 3.05) is 5.32 Å². The SMILES string of the molecule is Cl.NC(=O)c1ccccc1Nc1ccccc1. The number of nitrogens with one attached hydrogen (secondary N) is 1. The van der Waals surface area contributed by atoms with E-state index in [4.69, 9.17) is 5.73 Å². The lowest BCUT2D eigenvalue weighted by atomic mass is 10.1. The van der Waals surface area contributed by atoms with Crippen LogP contribution in [-0.2, 0) is 0 Å². The molecule has 0 saturated heterocycles. The lowest BCUT2D eigenvalue weighted by Crippen LogP contribution is -2.13. The average molecular weight is 249 g/mol. The number of primary amides is 1. The van der Waals surface area contributed by atoms with E-state index in [0.717, 1.165) is 11.4 Å². The highest BCUT2D eigenvalue weighted by molar-refractivity contribution is 5.99. The van der Waals surface area contributed by atoms with Gasteiger partial charge in [0.1, 0.15) is 0 Å². The third kappa shape index (κ3) is 3.23. The second-order valence-corrected chi connectivity index (χ2v) is 3.40. The van der Waals surface area contributed by atoms with Gasteiger partial charge in [0, 0.05) is 5.69 Å². The molecule has 0 aromatic heterocycles. The van der Waals surface area contributed by atoms with Crippen molar-refractivity contribution in [2.24, 2.45) is 5.73 Å². The van der Waals surface area contributed by atoms with Gasteiger partial charge >= 0.3 is 0 Å². The predicted molar refractivity (Wildman–Crippen MR) is 71.9 cm³/mol. The molecule has 0 aliphatic carbocycles. The molecule has 88 valence electrons. The number of benzene rings is 2. The van der Waals surface area contributed by atoms with Crippen LogP contribution in [0.5, 0.6) is 0 Å². The molecule has 0 saturated carbocycles. The van der Waals surface area contributed by atoms with Gasteiger partial charge in [-0.25, -0.2) is 0 Å². The number of halogens is 1. The van der Waals surface area contributed by atoms with Gasteiger partial charge in [0.15, 0.2) is 0 Å². The van der Waals surface area contributed by atoms with Crippen molar-refractivity contribution < 1.29 is 4.79 Å². The number of hydrogen-bond acceptors (Lipinski definition) is 2. The summed E-state index contributed by atoms with van der Waals surface area (Å²) in [6.07, 6.45) is 0. The van der Waals surface area contributed by atoms with E-state index >= 15 is 0 Å². The average Bonchev–Trinajstić information content (AvgIpc) is 2.31. The summed E-state index contributed by atoms with van der Waals surface area (Å²) in [5.41, 5.74) is 7.43. The van der Waals surface area contributed by atoms with Crippen molar-refractivity contribution in [1.82, 2.24) is 0 Å². The van der Waals surface area contributed by atoms with Gasteiger partial charge in [-0.05, 0) is 24.3 Å². The summed E-state index contributed by atoms with van der Waals surface area (Å²) in [5, 5.41) is 3.15. The predicted octanol–water partition coefficient (Wildman–Crippen LogP) is 2.95. The minimum Gasteiger partial charge on any atom is -0.366 e. The van der Waals surface area contributed by atoms with Crippen LogP contribution < -0.4 is 11.1 Å². The molecule has 1 amide bonds. The molecule has 2 rings (SSSR count). The Hall–Kier alpha value is -2.00. The first kappa shape index (κ1) is 13.1. The van der Waals surface area contributed by atoms with E-state index in [1.807, 2.05) is 42.5 Å². The fourth-order valence-corrected chi connectivity index (χ4v) is 1.48. The maximum atomic E-state index is 11.2. The number of rotatable bonds is 3. The molecule has 0 bridgehead atoms. The van der Waals surface area contributed by atoms with Gasteiger partial charge in [-0.2, -0.15) is 0 Å². The molecule has 4 heteroatoms. The molecule has 17 heavy (non-hydrogen) atoms. The Morgan fingerprint density at radius 1 is 0.941 bits per heavy atom. The van der Waals surface area contributed by atoms with Gasteiger partial charge in [0.25, 0.3) is 5.91 Å². The van der Waals surface area contributed by atoms with Crippen LogP contribution in [0, 0.1) is 0 Å². The molecule has 2 aromatic rings. The molecule has 0 radical (unpaired) electrons. The Labute approximate surface area is 106 Å². The second-order valence-electron chi connectivity index (χ2n) is 3.40. The zero-order valence-corrected chi connectivity index (χ0v) is 9.91. The molecule has 0 fully saturated rings. The maximum Gasteiger partial charge on any atom is 0.250 e. The van der Waals surface area contributed by atoms with E-state index in [1.54, 1.807) is 12.1 Å². The van der Waals surface area contributed by atoms with Crippen LogP contribution in [0.1, 0.15) is 10.4 Å². The number of nitrogens with two attached hydrogens (primary N) is 1. The minimum absolute atomic E-state index is 0. The van der Waals surface area contributed by atoms with Gasteiger partial charge in [-0.3, -0.25) is 4.79 Å². The Morgan fingerprint density at radius 3 is 2.18 bits per heavy atom. The van der Waals surface area contributed by atoms with Crippen LogP contribution in [0.25, 0.3) is 0 Å². The topological polar surface area (TPSA) is 55.1 Å². The summed E-state index contributed by atoms with van der Waals surface area (Å²) in [5.74, 6) is -0.431. The molecule has 0 heterocycles. The fraction of sp³-hybridized carbons (Fsp3) is 0. The smallest absolute Gasteiger partial charge is 0.250 e. The Balaban J connectivity index is 0.00000144. The van der Waals surface area contributed by atoms with Crippen molar-refractivity contribution in [3.05, 3.63) is 60.2 Å². The van der Waals surface area contributed by atoms with Crippen LogP contribution in [0.15, 0.2) is 54.6 Å². The quantitative estimate of drug-likeness (QED) is 0.878. The van der Waals surface area contributed by atoms with Crippen LogP contribution >= 0.6 is 12.4 Å². The number of anilines is 2. The summed E-state index contributed by atoms with van der Waals surface area (Å²) in [6.45, 7) is 0. The molecular formula is C13H13ClN2O. The Bertz CT molecular complexity index is 500. The minimum atomic E-state index is -0.431. The van der Waals surface area contributed by atoms with Gasteiger partial charge in [0.2, 0.25) is 0 Å². The third-order valence-corrected chi connectivity index (χ3v) is 2.25. The van der Waals surface area contributed by atoms with E-state index in [0.29, 0.717) is 5.56 Å². The molecule has 0 atom stereocenters. The summed E-state index contributed by atoms with van der Waals surface area (Å²) in [4.78, 5) is 11.2. The van der Waals surface area contributed by atoms with Crippen LogP contribution in [0.3, 0.4) is 0 Å². The van der Waals surface area contributed by atoms with Gasteiger partial charge < -0.3 is 11.1 Å². The molecule has 0 unspecified atom stereocenters. The van der Waals surface area contributed by atoms with E-state index in [1.165, 1.54) is 0 Å². The number of para-hydroxylation sites is 2. The van der Waals surface area contributed by atoms with Crippen molar-refractivity contribution in [3.63, 3.8) is 0 Å². The number of amides is 1. The van der Waals surface area contributed by atoms with Crippen LogP contribution in [0.4, 0.5) is 11.4 Å². The summed E-state index contributed by atoms with van der Waals surface area (Å²) < 4.78 is 0. The lowest BCUT2D eigenvalue weighted by Gasteiger charge is -2.09. The zero-order valence-electron chi connectivity index (χ0n) is 9.09. The monoisotopic (exact) mass is 248 g/mol. The number of carbonyl (C=O) groups is 1. The van der Waals surface area contributed by atoms with Crippen molar-refractivity contribution >= 4 is 29.7 Å². The molecule has 3 nitrogen and oxygen atoms in total. The first-order valence-electron chi connectivity index (χ1n) is 4.98. The number of carbonyl (C=O) groups excluding carboxylic acids is 1. The van der Waals surface area contributed by atoms with E-state index in [-0.39, 0.29) is 12.4 Å². The highest BCUT2D eigenvalue weighted by atomic mass is 35.5. The standard InChI is InChI=1S/C13H12N2O.ClH/c14-13(16)11-8-4-5-9-12(11)15-10-6-2-1-3-7-10;/h1-9,15H,(H2,14,16);1H. The van der Waals surface area contributed by atoms with Gasteiger partial charge in [-0.1, -0.05) is 30.3 Å². The summed E-state index contributed by atoms with van der Waals surface area (Å²) in [6, 6.07) is 16.8. The molecule has 3 N–H and O–H groups in total. The van der Waals surface area contributed by atoms with Gasteiger partial charge in [0.05, 0.1) is 11.3 Å². The molecule has 2 aromatic carbocycles. The van der Waals surface area contributed by atoms with E-state index < -0.39 is 5.91 Å². The summed E-state index contributed by atoms with van der Waals surface area (Å²) >= 11 is 0. The first-order valence-corrected chi connectivity index (χ1v) is 4.98. The largest absolute Gasteiger partial charge is 0.366 e. The van der Waals surface area contributed by atoms with Crippen LogP contribution in [0.2, 0.25) is 0 Å².